The molecule has 7 heteroatoms. The number of anilines is 2. The third kappa shape index (κ3) is 4.71. The number of hydrogen-bond donors (Lipinski definition) is 2. The monoisotopic (exact) mass is 456 g/mol. The number of halogens is 1. The molecule has 1 aromatic carbocycles. The Morgan fingerprint density at radius 2 is 2.07 bits per heavy atom. The number of rotatable bonds is 6. The molecule has 6 nitrogen and oxygen atoms in total. The first-order chi connectivity index (χ1) is 13.9. The van der Waals surface area contributed by atoms with Gasteiger partial charge in [0.1, 0.15) is 11.3 Å². The minimum Gasteiger partial charge on any atom is -0.384 e. The van der Waals surface area contributed by atoms with E-state index in [1.807, 2.05) is 4.68 Å². The zero-order valence-electron chi connectivity index (χ0n) is 17.4. The third-order valence-corrected chi connectivity index (χ3v) is 5.93. The average Bonchev–Trinajstić information content (AvgIpc) is 3.08. The van der Waals surface area contributed by atoms with Crippen LogP contribution < -0.4 is 10.6 Å². The second kappa shape index (κ2) is 8.30. The number of pyridine rings is 1. The number of aryl methyl sites for hydroxylation is 2. The Balaban J connectivity index is 1.37. The van der Waals surface area contributed by atoms with Gasteiger partial charge in [-0.1, -0.05) is 32.1 Å². The number of nitrogens with one attached hydrogen (secondary N) is 2. The molecular weight excluding hydrogens is 428 g/mol. The molecule has 29 heavy (non-hydrogen) atoms. The highest BCUT2D eigenvalue weighted by Crippen LogP contribution is 2.31. The highest BCUT2D eigenvalue weighted by Gasteiger charge is 2.17. The minimum absolute atomic E-state index is 0.157. The van der Waals surface area contributed by atoms with E-state index in [9.17, 15) is 0 Å². The van der Waals surface area contributed by atoms with E-state index >= 15 is 0 Å². The predicted octanol–water partition coefficient (Wildman–Crippen LogP) is 5.04. The Hall–Kier alpha value is -2.15. The summed E-state index contributed by atoms with van der Waals surface area (Å²) >= 11 is 3.71. The van der Waals surface area contributed by atoms with Crippen molar-refractivity contribution in [1.82, 2.24) is 20.0 Å². The van der Waals surface area contributed by atoms with Crippen LogP contribution in [0.3, 0.4) is 0 Å². The highest BCUT2D eigenvalue weighted by molar-refractivity contribution is 9.10. The van der Waals surface area contributed by atoms with Gasteiger partial charge in [-0.05, 0) is 70.8 Å². The van der Waals surface area contributed by atoms with Gasteiger partial charge in [-0.25, -0.2) is 9.67 Å². The molecule has 0 atom stereocenters. The highest BCUT2D eigenvalue weighted by atomic mass is 79.9. The van der Waals surface area contributed by atoms with Crippen molar-refractivity contribution >= 4 is 38.5 Å². The predicted molar refractivity (Wildman–Crippen MR) is 123 cm³/mol. The molecule has 2 aromatic heterocycles. The summed E-state index contributed by atoms with van der Waals surface area (Å²) in [4.78, 5) is 4.78. The summed E-state index contributed by atoms with van der Waals surface area (Å²) in [6.45, 7) is 9.37. The third-order valence-electron chi connectivity index (χ3n) is 5.13. The lowest BCUT2D eigenvalue weighted by Crippen LogP contribution is -2.16. The van der Waals surface area contributed by atoms with Gasteiger partial charge in [0.05, 0.1) is 15.7 Å². The maximum Gasteiger partial charge on any atom is 0.129 e. The van der Waals surface area contributed by atoms with Gasteiger partial charge in [0.25, 0.3) is 0 Å². The van der Waals surface area contributed by atoms with Crippen molar-refractivity contribution in [3.63, 3.8) is 0 Å². The number of nitrogens with zero attached hydrogens (tertiary/aromatic N) is 4. The summed E-state index contributed by atoms with van der Waals surface area (Å²) in [6.07, 6.45) is 4.31. The zero-order valence-corrected chi connectivity index (χ0v) is 19.0. The molecule has 3 heterocycles. The van der Waals surface area contributed by atoms with Crippen LogP contribution in [0.4, 0.5) is 11.5 Å². The summed E-state index contributed by atoms with van der Waals surface area (Å²) in [5, 5.41) is 15.7. The van der Waals surface area contributed by atoms with Crippen molar-refractivity contribution in [1.29, 1.82) is 0 Å². The lowest BCUT2D eigenvalue weighted by Gasteiger charge is -2.18. The molecule has 0 unspecified atom stereocenters. The number of benzene rings is 1. The number of fused-ring (bicyclic) bond motifs is 2. The molecule has 0 saturated heterocycles. The van der Waals surface area contributed by atoms with Gasteiger partial charge < -0.3 is 10.6 Å². The Morgan fingerprint density at radius 1 is 1.21 bits per heavy atom. The molecule has 0 amide bonds. The standard InChI is InChI=1S/C22H29BrN6/c1-22(2,3)14-29-18-11-10-17(19(23)20(18)27-28-29)24-12-5-7-16-9-8-15-6-4-13-25-21(15)26-16/h8-11,24H,4-7,12-14H2,1-3H3,(H,25,26). The van der Waals surface area contributed by atoms with E-state index in [2.05, 4.69) is 81.9 Å². The van der Waals surface area contributed by atoms with Crippen LogP contribution in [0.1, 0.15) is 44.9 Å². The van der Waals surface area contributed by atoms with Crippen LogP contribution in [0.25, 0.3) is 11.0 Å². The molecule has 0 radical (unpaired) electrons. The van der Waals surface area contributed by atoms with Crippen molar-refractivity contribution in [3.8, 4) is 0 Å². The maximum absolute atomic E-state index is 4.78. The van der Waals surface area contributed by atoms with E-state index in [4.69, 9.17) is 4.98 Å². The van der Waals surface area contributed by atoms with Crippen LogP contribution in [0.2, 0.25) is 0 Å². The molecule has 3 aromatic rings. The van der Waals surface area contributed by atoms with Crippen LogP contribution in [0, 0.1) is 5.41 Å². The van der Waals surface area contributed by atoms with Crippen LogP contribution in [0.15, 0.2) is 28.7 Å². The van der Waals surface area contributed by atoms with E-state index < -0.39 is 0 Å². The Labute approximate surface area is 180 Å². The van der Waals surface area contributed by atoms with Crippen molar-refractivity contribution in [2.45, 2.75) is 53.0 Å². The van der Waals surface area contributed by atoms with Gasteiger partial charge in [-0.3, -0.25) is 0 Å². The van der Waals surface area contributed by atoms with E-state index in [1.54, 1.807) is 0 Å². The van der Waals surface area contributed by atoms with Gasteiger partial charge in [0.2, 0.25) is 0 Å². The summed E-state index contributed by atoms with van der Waals surface area (Å²) in [7, 11) is 0. The van der Waals surface area contributed by atoms with E-state index in [0.717, 1.165) is 71.6 Å². The minimum atomic E-state index is 0.157. The first kappa shape index (κ1) is 20.1. The van der Waals surface area contributed by atoms with Gasteiger partial charge in [0.15, 0.2) is 0 Å². The van der Waals surface area contributed by atoms with Crippen molar-refractivity contribution < 1.29 is 0 Å². The quantitative estimate of drug-likeness (QED) is 0.508. The van der Waals surface area contributed by atoms with E-state index in [1.165, 1.54) is 12.0 Å². The topological polar surface area (TPSA) is 67.7 Å². The lowest BCUT2D eigenvalue weighted by atomic mass is 9.97. The van der Waals surface area contributed by atoms with Crippen LogP contribution in [-0.2, 0) is 19.4 Å². The second-order valence-electron chi connectivity index (χ2n) is 8.97. The van der Waals surface area contributed by atoms with Crippen LogP contribution in [0.5, 0.6) is 0 Å². The Morgan fingerprint density at radius 3 is 2.90 bits per heavy atom. The van der Waals surface area contributed by atoms with E-state index in [0.29, 0.717) is 0 Å². The molecule has 0 fully saturated rings. The SMILES string of the molecule is CC(C)(C)Cn1nnc2c(Br)c(NCCCc3ccc4c(n3)NCCC4)ccc21. The summed E-state index contributed by atoms with van der Waals surface area (Å²) in [6, 6.07) is 8.60. The molecule has 0 spiro atoms. The van der Waals surface area contributed by atoms with Crippen LogP contribution in [-0.4, -0.2) is 33.1 Å². The first-order valence-electron chi connectivity index (χ1n) is 10.4. The fourth-order valence-corrected chi connectivity index (χ4v) is 4.26. The normalized spacial score (nSPS) is 13.9. The summed E-state index contributed by atoms with van der Waals surface area (Å²) in [5.41, 5.74) is 5.67. The smallest absolute Gasteiger partial charge is 0.129 e. The molecule has 0 saturated carbocycles. The van der Waals surface area contributed by atoms with Gasteiger partial charge >= 0.3 is 0 Å². The Bertz CT molecular complexity index is 1000. The largest absolute Gasteiger partial charge is 0.384 e. The molecule has 1 aliphatic rings. The van der Waals surface area contributed by atoms with Gasteiger partial charge in [0, 0.05) is 25.3 Å². The maximum atomic E-state index is 4.78. The molecule has 2 N–H and O–H groups in total. The lowest BCUT2D eigenvalue weighted by molar-refractivity contribution is 0.327. The molecule has 1 aliphatic heterocycles. The number of hydrogen-bond acceptors (Lipinski definition) is 5. The van der Waals surface area contributed by atoms with Gasteiger partial charge in [-0.2, -0.15) is 0 Å². The molecule has 154 valence electrons. The Kier molecular flexibility index (Phi) is 5.76. The molecule has 4 rings (SSSR count). The van der Waals surface area contributed by atoms with Crippen molar-refractivity contribution in [2.24, 2.45) is 5.41 Å². The summed E-state index contributed by atoms with van der Waals surface area (Å²) in [5.74, 6) is 1.08. The van der Waals surface area contributed by atoms with Crippen molar-refractivity contribution in [3.05, 3.63) is 40.0 Å². The van der Waals surface area contributed by atoms with Crippen molar-refractivity contribution in [2.75, 3.05) is 23.7 Å². The average molecular weight is 457 g/mol. The molecule has 0 bridgehead atoms. The van der Waals surface area contributed by atoms with E-state index in [-0.39, 0.29) is 5.41 Å². The molecular formula is C22H29BrN6. The zero-order chi connectivity index (χ0) is 20.4. The summed E-state index contributed by atoms with van der Waals surface area (Å²) < 4.78 is 2.96. The van der Waals surface area contributed by atoms with Gasteiger partial charge in [-0.15, -0.1) is 5.10 Å². The second-order valence-corrected chi connectivity index (χ2v) is 9.77. The fraction of sp³-hybridized carbons (Fsp3) is 0.500. The fourth-order valence-electron chi connectivity index (χ4n) is 3.71. The molecule has 0 aliphatic carbocycles. The number of aromatic nitrogens is 4. The first-order valence-corrected chi connectivity index (χ1v) is 11.2. The van der Waals surface area contributed by atoms with Crippen LogP contribution >= 0.6 is 15.9 Å².